The lowest BCUT2D eigenvalue weighted by Crippen LogP contribution is -2.07. The Hall–Kier alpha value is -0.900. The molecule has 0 aliphatic heterocycles. The molecule has 1 aromatic rings. The van der Waals surface area contributed by atoms with Crippen LogP contribution in [0.1, 0.15) is 25.2 Å². The summed E-state index contributed by atoms with van der Waals surface area (Å²) in [5, 5.41) is 4.34. The molecule has 0 fully saturated rings. The third-order valence-electron chi connectivity index (χ3n) is 2.15. The standard InChI is InChI=1S/C11H15BrN2O/c1-4-6-9(15)7-10-11(12)8(3)13-14(10)5-2/h4,6H,5,7H2,1-3H3/b6-4+. The van der Waals surface area contributed by atoms with Gasteiger partial charge in [-0.3, -0.25) is 9.48 Å². The maximum atomic E-state index is 11.5. The number of nitrogens with zero attached hydrogens (tertiary/aromatic N) is 2. The van der Waals surface area contributed by atoms with Crippen molar-refractivity contribution in [2.75, 3.05) is 0 Å². The molecule has 0 spiro atoms. The molecule has 0 saturated carbocycles. The van der Waals surface area contributed by atoms with Crippen molar-refractivity contribution in [3.05, 3.63) is 28.0 Å². The van der Waals surface area contributed by atoms with Gasteiger partial charge in [-0.15, -0.1) is 0 Å². The van der Waals surface area contributed by atoms with Gasteiger partial charge in [-0.25, -0.2) is 0 Å². The SMILES string of the molecule is C/C=C/C(=O)Cc1c(Br)c(C)nn1CC. The van der Waals surface area contributed by atoms with Crippen LogP contribution in [0.5, 0.6) is 0 Å². The average molecular weight is 271 g/mol. The topological polar surface area (TPSA) is 34.9 Å². The van der Waals surface area contributed by atoms with Gasteiger partial charge in [0.2, 0.25) is 0 Å². The van der Waals surface area contributed by atoms with Crippen molar-refractivity contribution in [1.82, 2.24) is 9.78 Å². The number of ketones is 1. The minimum atomic E-state index is 0.104. The van der Waals surface area contributed by atoms with Gasteiger partial charge in [-0.1, -0.05) is 6.08 Å². The van der Waals surface area contributed by atoms with Crippen molar-refractivity contribution < 1.29 is 4.79 Å². The Morgan fingerprint density at radius 3 is 2.80 bits per heavy atom. The second kappa shape index (κ2) is 5.26. The molecule has 0 unspecified atom stereocenters. The molecule has 0 aliphatic rings. The van der Waals surface area contributed by atoms with Crippen molar-refractivity contribution in [3.63, 3.8) is 0 Å². The Morgan fingerprint density at radius 1 is 1.60 bits per heavy atom. The predicted octanol–water partition coefficient (Wildman–Crippen LogP) is 2.66. The molecule has 15 heavy (non-hydrogen) atoms. The highest BCUT2D eigenvalue weighted by molar-refractivity contribution is 9.10. The van der Waals surface area contributed by atoms with E-state index < -0.39 is 0 Å². The van der Waals surface area contributed by atoms with E-state index in [2.05, 4.69) is 21.0 Å². The number of halogens is 1. The molecule has 3 nitrogen and oxygen atoms in total. The normalized spacial score (nSPS) is 11.2. The Labute approximate surface area is 98.3 Å². The first-order chi connectivity index (χ1) is 7.10. The van der Waals surface area contributed by atoms with Gasteiger partial charge in [0.1, 0.15) is 0 Å². The van der Waals surface area contributed by atoms with Gasteiger partial charge in [0.25, 0.3) is 0 Å². The summed E-state index contributed by atoms with van der Waals surface area (Å²) in [6, 6.07) is 0. The number of carbonyl (C=O) groups excluding carboxylic acids is 1. The third kappa shape index (κ3) is 2.78. The van der Waals surface area contributed by atoms with Gasteiger partial charge < -0.3 is 0 Å². The van der Waals surface area contributed by atoms with E-state index in [9.17, 15) is 4.79 Å². The summed E-state index contributed by atoms with van der Waals surface area (Å²) in [5.41, 5.74) is 1.89. The Bertz CT molecular complexity index is 394. The summed E-state index contributed by atoms with van der Waals surface area (Å²) < 4.78 is 2.81. The highest BCUT2D eigenvalue weighted by Gasteiger charge is 2.13. The first-order valence-corrected chi connectivity index (χ1v) is 5.76. The van der Waals surface area contributed by atoms with Gasteiger partial charge >= 0.3 is 0 Å². The number of aryl methyl sites for hydroxylation is 2. The van der Waals surface area contributed by atoms with E-state index in [1.807, 2.05) is 25.5 Å². The Balaban J connectivity index is 2.97. The molecule has 82 valence electrons. The summed E-state index contributed by atoms with van der Waals surface area (Å²) in [6.07, 6.45) is 3.75. The van der Waals surface area contributed by atoms with Crippen LogP contribution in [0.25, 0.3) is 0 Å². The van der Waals surface area contributed by atoms with Crippen molar-refractivity contribution in [1.29, 1.82) is 0 Å². The molecule has 4 heteroatoms. The lowest BCUT2D eigenvalue weighted by Gasteiger charge is -2.02. The van der Waals surface area contributed by atoms with Crippen LogP contribution < -0.4 is 0 Å². The highest BCUT2D eigenvalue weighted by atomic mass is 79.9. The minimum absolute atomic E-state index is 0.104. The van der Waals surface area contributed by atoms with Crippen LogP contribution in [0.4, 0.5) is 0 Å². The van der Waals surface area contributed by atoms with Crippen LogP contribution in [0.3, 0.4) is 0 Å². The molecule has 0 atom stereocenters. The van der Waals surface area contributed by atoms with Crippen LogP contribution in [-0.4, -0.2) is 15.6 Å². The summed E-state index contributed by atoms with van der Waals surface area (Å²) in [6.45, 7) is 6.57. The van der Waals surface area contributed by atoms with E-state index in [0.717, 1.165) is 22.4 Å². The molecule has 0 aliphatic carbocycles. The zero-order valence-electron chi connectivity index (χ0n) is 9.25. The number of hydrogen-bond acceptors (Lipinski definition) is 2. The molecule has 0 radical (unpaired) electrons. The van der Waals surface area contributed by atoms with Crippen LogP contribution in [0, 0.1) is 6.92 Å². The fourth-order valence-electron chi connectivity index (χ4n) is 1.45. The first kappa shape index (κ1) is 12.2. The van der Waals surface area contributed by atoms with Gasteiger partial charge in [0, 0.05) is 6.54 Å². The van der Waals surface area contributed by atoms with Crippen LogP contribution in [0.2, 0.25) is 0 Å². The average Bonchev–Trinajstić information content (AvgIpc) is 2.46. The summed E-state index contributed by atoms with van der Waals surface area (Å²) in [5.74, 6) is 0.104. The monoisotopic (exact) mass is 270 g/mol. The number of carbonyl (C=O) groups is 1. The molecule has 0 saturated heterocycles. The van der Waals surface area contributed by atoms with Crippen molar-refractivity contribution in [3.8, 4) is 0 Å². The molecular formula is C11H15BrN2O. The predicted molar refractivity (Wildman–Crippen MR) is 63.9 cm³/mol. The second-order valence-electron chi connectivity index (χ2n) is 3.30. The molecule has 1 heterocycles. The van der Waals surface area contributed by atoms with Crippen LogP contribution in [-0.2, 0) is 17.8 Å². The quantitative estimate of drug-likeness (QED) is 0.789. The summed E-state index contributed by atoms with van der Waals surface area (Å²) in [4.78, 5) is 11.5. The lowest BCUT2D eigenvalue weighted by atomic mass is 10.2. The lowest BCUT2D eigenvalue weighted by molar-refractivity contribution is -0.114. The van der Waals surface area contributed by atoms with E-state index in [-0.39, 0.29) is 5.78 Å². The zero-order valence-corrected chi connectivity index (χ0v) is 10.8. The molecule has 0 N–H and O–H groups in total. The van der Waals surface area contributed by atoms with Crippen molar-refractivity contribution >= 4 is 21.7 Å². The highest BCUT2D eigenvalue weighted by Crippen LogP contribution is 2.21. The number of rotatable bonds is 4. The van der Waals surface area contributed by atoms with E-state index in [4.69, 9.17) is 0 Å². The molecule has 0 bridgehead atoms. The fourth-order valence-corrected chi connectivity index (χ4v) is 1.87. The van der Waals surface area contributed by atoms with Crippen molar-refractivity contribution in [2.45, 2.75) is 33.7 Å². The van der Waals surface area contributed by atoms with Gasteiger partial charge in [-0.2, -0.15) is 5.10 Å². The summed E-state index contributed by atoms with van der Waals surface area (Å²) in [7, 11) is 0. The molecule has 1 rings (SSSR count). The molecular weight excluding hydrogens is 256 g/mol. The van der Waals surface area contributed by atoms with Crippen LogP contribution in [0.15, 0.2) is 16.6 Å². The second-order valence-corrected chi connectivity index (χ2v) is 4.10. The largest absolute Gasteiger partial charge is 0.294 e. The first-order valence-electron chi connectivity index (χ1n) is 4.97. The van der Waals surface area contributed by atoms with Gasteiger partial charge in [0.15, 0.2) is 5.78 Å². The Morgan fingerprint density at radius 2 is 2.27 bits per heavy atom. The molecule has 0 aromatic carbocycles. The van der Waals surface area contributed by atoms with Gasteiger partial charge in [0.05, 0.1) is 22.3 Å². The van der Waals surface area contributed by atoms with E-state index in [1.165, 1.54) is 0 Å². The number of hydrogen-bond donors (Lipinski definition) is 0. The zero-order chi connectivity index (χ0) is 11.4. The minimum Gasteiger partial charge on any atom is -0.294 e. The fraction of sp³-hybridized carbons (Fsp3) is 0.455. The maximum absolute atomic E-state index is 11.5. The van der Waals surface area contributed by atoms with E-state index in [1.54, 1.807) is 12.2 Å². The number of allylic oxidation sites excluding steroid dienone is 2. The van der Waals surface area contributed by atoms with E-state index in [0.29, 0.717) is 6.42 Å². The van der Waals surface area contributed by atoms with E-state index >= 15 is 0 Å². The molecule has 0 amide bonds. The molecule has 1 aromatic heterocycles. The third-order valence-corrected chi connectivity index (χ3v) is 3.18. The van der Waals surface area contributed by atoms with Crippen molar-refractivity contribution in [2.24, 2.45) is 0 Å². The summed E-state index contributed by atoms with van der Waals surface area (Å²) >= 11 is 3.46. The number of aromatic nitrogens is 2. The van der Waals surface area contributed by atoms with Gasteiger partial charge in [-0.05, 0) is 42.8 Å². The maximum Gasteiger partial charge on any atom is 0.161 e. The smallest absolute Gasteiger partial charge is 0.161 e. The van der Waals surface area contributed by atoms with Crippen LogP contribution >= 0.6 is 15.9 Å². The Kier molecular flexibility index (Phi) is 4.27.